The van der Waals surface area contributed by atoms with E-state index in [2.05, 4.69) is 140 Å². The molecule has 0 saturated carbocycles. The summed E-state index contributed by atoms with van der Waals surface area (Å²) in [4.78, 5) is 7.85. The van der Waals surface area contributed by atoms with Gasteiger partial charge < -0.3 is 15.6 Å². The number of benzene rings is 3. The Morgan fingerprint density at radius 1 is 0.957 bits per heavy atom. The first-order valence-electron chi connectivity index (χ1n) is 16.8. The number of nitrogens with zero attached hydrogens (tertiary/aromatic N) is 2. The number of likely N-dealkylation sites (N-methyl/N-ethyl adjacent to an activating group) is 1. The van der Waals surface area contributed by atoms with E-state index >= 15 is 0 Å². The third-order valence-electron chi connectivity index (χ3n) is 9.51. The Bertz CT molecular complexity index is 1730. The third-order valence-corrected chi connectivity index (χ3v) is 9.51. The monoisotopic (exact) mass is 606 g/mol. The van der Waals surface area contributed by atoms with Crippen LogP contribution in [0.25, 0.3) is 6.08 Å². The lowest BCUT2D eigenvalue weighted by atomic mass is 9.81. The summed E-state index contributed by atoms with van der Waals surface area (Å²) in [6, 6.07) is 22.4. The highest BCUT2D eigenvalue weighted by atomic mass is 15.2. The summed E-state index contributed by atoms with van der Waals surface area (Å²) in [5.41, 5.74) is 10.6. The van der Waals surface area contributed by atoms with E-state index in [0.717, 1.165) is 61.3 Å². The maximum absolute atomic E-state index is 8.09. The first-order chi connectivity index (χ1) is 22.6. The van der Waals surface area contributed by atoms with Crippen LogP contribution in [0.5, 0.6) is 0 Å². The highest BCUT2D eigenvalue weighted by molar-refractivity contribution is 6.01. The van der Waals surface area contributed by atoms with E-state index in [-0.39, 0.29) is 18.0 Å². The quantitative estimate of drug-likeness (QED) is 0.178. The molecular weight excluding hydrogens is 560 g/mol. The Morgan fingerprint density at radius 3 is 2.59 bits per heavy atom. The highest BCUT2D eigenvalue weighted by Crippen LogP contribution is 2.44. The van der Waals surface area contributed by atoms with E-state index < -0.39 is 0 Å². The Kier molecular flexibility index (Phi) is 9.93. The first kappa shape index (κ1) is 31.3. The van der Waals surface area contributed by atoms with Crippen LogP contribution in [0.3, 0.4) is 0 Å². The normalized spacial score (nSPS) is 20.9. The number of fused-ring (bicyclic) bond motifs is 1. The smallest absolute Gasteiger partial charge is 0.131 e. The van der Waals surface area contributed by atoms with Crippen LogP contribution < -0.4 is 5.32 Å². The average Bonchev–Trinajstić information content (AvgIpc) is 3.09. The van der Waals surface area contributed by atoms with Crippen molar-refractivity contribution in [3.63, 3.8) is 0 Å². The number of aliphatic imine (C=N–C) groups is 1. The maximum Gasteiger partial charge on any atom is 0.131 e. The molecule has 0 spiro atoms. The molecular formula is C42H46N4. The fourth-order valence-electron chi connectivity index (χ4n) is 7.11. The molecule has 0 bridgehead atoms. The molecule has 0 aromatic heterocycles. The second-order valence-corrected chi connectivity index (χ2v) is 12.6. The number of amidine groups is 1. The molecule has 1 aliphatic heterocycles. The van der Waals surface area contributed by atoms with Crippen LogP contribution in [-0.2, 0) is 12.8 Å². The molecule has 6 rings (SSSR count). The predicted molar refractivity (Wildman–Crippen MR) is 196 cm³/mol. The molecule has 3 aliphatic rings. The van der Waals surface area contributed by atoms with Gasteiger partial charge in [-0.3, -0.25) is 4.99 Å². The van der Waals surface area contributed by atoms with Gasteiger partial charge in [0.15, 0.2) is 0 Å². The maximum atomic E-state index is 8.09. The molecule has 3 aromatic rings. The molecule has 0 saturated heterocycles. The zero-order valence-electron chi connectivity index (χ0n) is 27.4. The van der Waals surface area contributed by atoms with E-state index in [1.807, 2.05) is 6.92 Å². The van der Waals surface area contributed by atoms with Gasteiger partial charge in [-0.1, -0.05) is 110 Å². The van der Waals surface area contributed by atoms with Gasteiger partial charge in [0.2, 0.25) is 0 Å². The van der Waals surface area contributed by atoms with Crippen LogP contribution in [0.1, 0.15) is 85.0 Å². The van der Waals surface area contributed by atoms with Gasteiger partial charge in [0, 0.05) is 41.6 Å². The van der Waals surface area contributed by atoms with Crippen molar-refractivity contribution < 1.29 is 0 Å². The van der Waals surface area contributed by atoms with E-state index in [1.165, 1.54) is 39.6 Å². The van der Waals surface area contributed by atoms with Crippen LogP contribution in [0.15, 0.2) is 120 Å². The highest BCUT2D eigenvalue weighted by Gasteiger charge is 2.37. The van der Waals surface area contributed by atoms with Gasteiger partial charge in [-0.25, -0.2) is 0 Å². The molecule has 4 heteroatoms. The van der Waals surface area contributed by atoms with Crippen molar-refractivity contribution in [3.8, 4) is 0 Å². The predicted octanol–water partition coefficient (Wildman–Crippen LogP) is 10.5. The number of hydrogen-bond acceptors (Lipinski definition) is 4. The van der Waals surface area contributed by atoms with Crippen molar-refractivity contribution in [1.29, 1.82) is 5.41 Å². The minimum atomic E-state index is 0.0449. The average molecular weight is 607 g/mol. The number of allylic oxidation sites excluding steroid dienone is 7. The first-order valence-corrected chi connectivity index (χ1v) is 16.8. The van der Waals surface area contributed by atoms with Gasteiger partial charge in [0.1, 0.15) is 5.84 Å². The summed E-state index contributed by atoms with van der Waals surface area (Å²) < 4.78 is 0. The Hall–Kier alpha value is -4.70. The molecule has 3 unspecified atom stereocenters. The van der Waals surface area contributed by atoms with Crippen LogP contribution in [-0.4, -0.2) is 24.0 Å². The van der Waals surface area contributed by atoms with E-state index in [4.69, 9.17) is 10.4 Å². The topological polar surface area (TPSA) is 51.5 Å². The summed E-state index contributed by atoms with van der Waals surface area (Å²) in [6.07, 6.45) is 27.6. The Morgan fingerprint density at radius 2 is 1.80 bits per heavy atom. The fourth-order valence-corrected chi connectivity index (χ4v) is 7.11. The van der Waals surface area contributed by atoms with Crippen molar-refractivity contribution in [1.82, 2.24) is 4.90 Å². The molecule has 2 aliphatic carbocycles. The van der Waals surface area contributed by atoms with Gasteiger partial charge in [-0.05, 0) is 79.8 Å². The van der Waals surface area contributed by atoms with Crippen LogP contribution in [0, 0.1) is 11.3 Å². The molecule has 3 atom stereocenters. The Labute approximate surface area is 275 Å². The molecule has 0 fully saturated rings. The molecule has 234 valence electrons. The van der Waals surface area contributed by atoms with Crippen LogP contribution in [0.4, 0.5) is 11.4 Å². The second-order valence-electron chi connectivity index (χ2n) is 12.6. The van der Waals surface area contributed by atoms with Gasteiger partial charge in [-0.15, -0.1) is 0 Å². The van der Waals surface area contributed by atoms with Crippen molar-refractivity contribution in [2.45, 2.75) is 64.5 Å². The van der Waals surface area contributed by atoms with E-state index in [1.54, 1.807) is 0 Å². The zero-order valence-corrected chi connectivity index (χ0v) is 27.4. The molecule has 0 radical (unpaired) electrons. The molecule has 46 heavy (non-hydrogen) atoms. The molecule has 1 heterocycles. The summed E-state index contributed by atoms with van der Waals surface area (Å²) in [5, 5.41) is 11.8. The van der Waals surface area contributed by atoms with Crippen molar-refractivity contribution in [2.24, 2.45) is 10.9 Å². The van der Waals surface area contributed by atoms with E-state index in [9.17, 15) is 0 Å². The summed E-state index contributed by atoms with van der Waals surface area (Å²) in [6.45, 7) is 4.39. The van der Waals surface area contributed by atoms with Crippen LogP contribution >= 0.6 is 0 Å². The lowest BCUT2D eigenvalue weighted by Gasteiger charge is -2.43. The van der Waals surface area contributed by atoms with Gasteiger partial charge >= 0.3 is 0 Å². The third kappa shape index (κ3) is 6.77. The number of nitrogens with one attached hydrogen (secondary N) is 2. The lowest BCUT2D eigenvalue weighted by molar-refractivity contribution is 0.222. The molecule has 0 amide bonds. The lowest BCUT2D eigenvalue weighted by Crippen LogP contribution is -2.41. The number of anilines is 2. The molecule has 3 aromatic carbocycles. The summed E-state index contributed by atoms with van der Waals surface area (Å²) in [7, 11) is 2.20. The van der Waals surface area contributed by atoms with Gasteiger partial charge in [-0.2, -0.15) is 0 Å². The minimum Gasteiger partial charge on any atom is -0.354 e. The number of aryl methyl sites for hydroxylation is 2. The van der Waals surface area contributed by atoms with Gasteiger partial charge in [0.05, 0.1) is 17.8 Å². The van der Waals surface area contributed by atoms with Crippen molar-refractivity contribution in [3.05, 3.63) is 148 Å². The SMILES string of the molecule is C/C=C\C=C/CCc1ccc(C2N=C(C3=CCCC=C3)N(C)C(c3cccc(Nc4c(C=N)ccc5c4C=CCC5)c3)C2C)cc1. The van der Waals surface area contributed by atoms with Crippen molar-refractivity contribution in [2.75, 3.05) is 12.4 Å². The summed E-state index contributed by atoms with van der Waals surface area (Å²) >= 11 is 0. The molecule has 4 nitrogen and oxygen atoms in total. The van der Waals surface area contributed by atoms with E-state index in [0.29, 0.717) is 0 Å². The standard InChI is InChI=1S/C42H46N4/c1-4-5-6-7-9-15-31-22-24-33(25-23-31)39-30(2)41(46(3)42(45-39)34-17-10-8-11-18-34)35-19-14-20-37(28-35)44-40-36(29-43)27-26-32-16-12-13-21-38(32)40/h4-7,10,13-14,17-30,39,41,43-44H,8-9,11-12,15-16H2,1-3H3/b5-4-,7-6-,43-29?. The van der Waals surface area contributed by atoms with Crippen molar-refractivity contribution >= 4 is 29.5 Å². The Balaban J connectivity index is 1.32. The molecule has 2 N–H and O–H groups in total. The largest absolute Gasteiger partial charge is 0.354 e. The number of rotatable bonds is 10. The zero-order chi connectivity index (χ0) is 31.9. The van der Waals surface area contributed by atoms with Crippen LogP contribution in [0.2, 0.25) is 0 Å². The minimum absolute atomic E-state index is 0.0449. The van der Waals surface area contributed by atoms with Gasteiger partial charge in [0.25, 0.3) is 0 Å². The number of hydrogen-bond donors (Lipinski definition) is 2. The second kappa shape index (κ2) is 14.6. The fraction of sp³-hybridized carbons (Fsp3) is 0.286. The summed E-state index contributed by atoms with van der Waals surface area (Å²) in [5.74, 6) is 1.31.